The summed E-state index contributed by atoms with van der Waals surface area (Å²) in [6.07, 6.45) is 0. The summed E-state index contributed by atoms with van der Waals surface area (Å²) in [5, 5.41) is 3.45. The Morgan fingerprint density at radius 3 is 2.26 bits per heavy atom. The smallest absolute Gasteiger partial charge is 0.0589 e. The van der Waals surface area contributed by atoms with E-state index in [1.807, 2.05) is 7.05 Å². The SMILES string of the molecule is CNC(c1ccccc1)C(C)N(CCOC)C(C)C. The molecule has 1 rings (SSSR count). The molecule has 0 saturated carbocycles. The molecule has 1 aromatic carbocycles. The molecule has 108 valence electrons. The molecule has 0 aliphatic carbocycles. The third-order valence-electron chi connectivity index (χ3n) is 3.69. The van der Waals surface area contributed by atoms with Gasteiger partial charge in [0.05, 0.1) is 6.61 Å². The van der Waals surface area contributed by atoms with E-state index in [9.17, 15) is 0 Å². The number of nitrogens with zero attached hydrogens (tertiary/aromatic N) is 1. The summed E-state index contributed by atoms with van der Waals surface area (Å²) < 4.78 is 5.23. The van der Waals surface area contributed by atoms with Crippen molar-refractivity contribution in [1.29, 1.82) is 0 Å². The Morgan fingerprint density at radius 2 is 1.79 bits per heavy atom. The Kier molecular flexibility index (Phi) is 7.06. The minimum atomic E-state index is 0.334. The van der Waals surface area contributed by atoms with Crippen LogP contribution < -0.4 is 5.32 Å². The number of likely N-dealkylation sites (N-methyl/N-ethyl adjacent to an activating group) is 1. The molecule has 0 fully saturated rings. The van der Waals surface area contributed by atoms with Crippen LogP contribution >= 0.6 is 0 Å². The van der Waals surface area contributed by atoms with Crippen LogP contribution in [0, 0.1) is 0 Å². The van der Waals surface area contributed by atoms with Crippen LogP contribution in [0.5, 0.6) is 0 Å². The van der Waals surface area contributed by atoms with E-state index in [1.165, 1.54) is 5.56 Å². The molecule has 3 heteroatoms. The Balaban J connectivity index is 2.83. The van der Waals surface area contributed by atoms with Crippen molar-refractivity contribution < 1.29 is 4.74 Å². The summed E-state index contributed by atoms with van der Waals surface area (Å²) in [6, 6.07) is 11.9. The summed E-state index contributed by atoms with van der Waals surface area (Å²) in [6.45, 7) is 8.49. The summed E-state index contributed by atoms with van der Waals surface area (Å²) in [7, 11) is 3.79. The van der Waals surface area contributed by atoms with Gasteiger partial charge in [-0.05, 0) is 33.4 Å². The normalized spacial score (nSPS) is 14.9. The van der Waals surface area contributed by atoms with E-state index in [1.54, 1.807) is 7.11 Å². The zero-order chi connectivity index (χ0) is 14.3. The lowest BCUT2D eigenvalue weighted by Gasteiger charge is -2.37. The molecule has 2 atom stereocenters. The maximum atomic E-state index is 5.23. The van der Waals surface area contributed by atoms with Gasteiger partial charge in [0.1, 0.15) is 0 Å². The van der Waals surface area contributed by atoms with Gasteiger partial charge in [0, 0.05) is 31.8 Å². The van der Waals surface area contributed by atoms with Gasteiger partial charge in [-0.3, -0.25) is 4.90 Å². The second-order valence-electron chi connectivity index (χ2n) is 5.24. The minimum Gasteiger partial charge on any atom is -0.383 e. The molecule has 0 heterocycles. The Labute approximate surface area is 118 Å². The first kappa shape index (κ1) is 16.2. The number of ether oxygens (including phenoxy) is 1. The molecular formula is C16H28N2O. The number of nitrogens with one attached hydrogen (secondary N) is 1. The molecule has 0 bridgehead atoms. The van der Waals surface area contributed by atoms with Crippen molar-refractivity contribution in [2.75, 3.05) is 27.3 Å². The fourth-order valence-electron chi connectivity index (χ4n) is 2.67. The van der Waals surface area contributed by atoms with Crippen LogP contribution in [0.3, 0.4) is 0 Å². The highest BCUT2D eigenvalue weighted by Crippen LogP contribution is 2.22. The first-order valence-electron chi connectivity index (χ1n) is 7.08. The number of benzene rings is 1. The predicted molar refractivity (Wildman–Crippen MR) is 81.4 cm³/mol. The summed E-state index contributed by atoms with van der Waals surface area (Å²) in [5.41, 5.74) is 1.33. The topological polar surface area (TPSA) is 24.5 Å². The highest BCUT2D eigenvalue weighted by atomic mass is 16.5. The lowest BCUT2D eigenvalue weighted by Crippen LogP contribution is -2.46. The van der Waals surface area contributed by atoms with Gasteiger partial charge in [0.2, 0.25) is 0 Å². The highest BCUT2D eigenvalue weighted by Gasteiger charge is 2.25. The van der Waals surface area contributed by atoms with Crippen molar-refractivity contribution in [2.45, 2.75) is 38.9 Å². The standard InChI is InChI=1S/C16H28N2O/c1-13(2)18(11-12-19-5)14(3)16(17-4)15-9-7-6-8-10-15/h6-10,13-14,16-17H,11-12H2,1-5H3. The van der Waals surface area contributed by atoms with Gasteiger partial charge in [-0.2, -0.15) is 0 Å². The van der Waals surface area contributed by atoms with Crippen molar-refractivity contribution >= 4 is 0 Å². The first-order chi connectivity index (χ1) is 9.11. The third kappa shape index (κ3) is 4.60. The maximum Gasteiger partial charge on any atom is 0.0589 e. The van der Waals surface area contributed by atoms with Crippen molar-refractivity contribution in [3.8, 4) is 0 Å². The van der Waals surface area contributed by atoms with Gasteiger partial charge in [-0.1, -0.05) is 30.3 Å². The van der Waals surface area contributed by atoms with Crippen LogP contribution in [0.2, 0.25) is 0 Å². The fraction of sp³-hybridized carbons (Fsp3) is 0.625. The van der Waals surface area contributed by atoms with E-state index in [2.05, 4.69) is 61.3 Å². The van der Waals surface area contributed by atoms with E-state index in [0.717, 1.165) is 13.2 Å². The van der Waals surface area contributed by atoms with Gasteiger partial charge < -0.3 is 10.1 Å². The Morgan fingerprint density at radius 1 is 1.16 bits per heavy atom. The second kappa shape index (κ2) is 8.31. The Hall–Kier alpha value is -0.900. The van der Waals surface area contributed by atoms with E-state index < -0.39 is 0 Å². The van der Waals surface area contributed by atoms with E-state index in [-0.39, 0.29) is 0 Å². The molecule has 0 amide bonds. The van der Waals surface area contributed by atoms with E-state index in [0.29, 0.717) is 18.1 Å². The predicted octanol–water partition coefficient (Wildman–Crippen LogP) is 2.69. The van der Waals surface area contributed by atoms with Gasteiger partial charge in [0.15, 0.2) is 0 Å². The number of hydrogen-bond acceptors (Lipinski definition) is 3. The Bertz CT molecular complexity index is 340. The van der Waals surface area contributed by atoms with E-state index in [4.69, 9.17) is 4.74 Å². The number of methoxy groups -OCH3 is 1. The molecule has 19 heavy (non-hydrogen) atoms. The average molecular weight is 264 g/mol. The second-order valence-corrected chi connectivity index (χ2v) is 5.24. The maximum absolute atomic E-state index is 5.23. The molecule has 0 aliphatic rings. The van der Waals surface area contributed by atoms with E-state index >= 15 is 0 Å². The van der Waals surface area contributed by atoms with Crippen LogP contribution in [0.15, 0.2) is 30.3 Å². The number of rotatable bonds is 8. The molecular weight excluding hydrogens is 236 g/mol. The zero-order valence-electron chi connectivity index (χ0n) is 12.9. The zero-order valence-corrected chi connectivity index (χ0v) is 12.9. The molecule has 3 nitrogen and oxygen atoms in total. The molecule has 0 saturated heterocycles. The lowest BCUT2D eigenvalue weighted by molar-refractivity contribution is 0.0864. The quantitative estimate of drug-likeness (QED) is 0.781. The molecule has 0 spiro atoms. The molecule has 1 aromatic rings. The molecule has 0 aliphatic heterocycles. The van der Waals surface area contributed by atoms with Gasteiger partial charge in [-0.25, -0.2) is 0 Å². The van der Waals surface area contributed by atoms with Crippen molar-refractivity contribution in [1.82, 2.24) is 10.2 Å². The fourth-order valence-corrected chi connectivity index (χ4v) is 2.67. The highest BCUT2D eigenvalue weighted by molar-refractivity contribution is 5.20. The summed E-state index contributed by atoms with van der Waals surface area (Å²) in [4.78, 5) is 2.48. The monoisotopic (exact) mass is 264 g/mol. The van der Waals surface area contributed by atoms with Crippen LogP contribution in [0.4, 0.5) is 0 Å². The van der Waals surface area contributed by atoms with Crippen LogP contribution in [0.25, 0.3) is 0 Å². The van der Waals surface area contributed by atoms with Crippen molar-refractivity contribution in [3.63, 3.8) is 0 Å². The molecule has 0 radical (unpaired) electrons. The summed E-state index contributed by atoms with van der Waals surface area (Å²) in [5.74, 6) is 0. The molecule has 0 aromatic heterocycles. The lowest BCUT2D eigenvalue weighted by atomic mass is 9.98. The summed E-state index contributed by atoms with van der Waals surface area (Å²) >= 11 is 0. The number of hydrogen-bond donors (Lipinski definition) is 1. The van der Waals surface area contributed by atoms with Crippen LogP contribution in [-0.2, 0) is 4.74 Å². The van der Waals surface area contributed by atoms with Crippen molar-refractivity contribution in [3.05, 3.63) is 35.9 Å². The first-order valence-corrected chi connectivity index (χ1v) is 7.08. The van der Waals surface area contributed by atoms with Gasteiger partial charge >= 0.3 is 0 Å². The minimum absolute atomic E-state index is 0.334. The van der Waals surface area contributed by atoms with Crippen LogP contribution in [-0.4, -0.2) is 44.3 Å². The largest absolute Gasteiger partial charge is 0.383 e. The van der Waals surface area contributed by atoms with Crippen LogP contribution in [0.1, 0.15) is 32.4 Å². The average Bonchev–Trinajstić information content (AvgIpc) is 2.41. The molecule has 2 unspecified atom stereocenters. The van der Waals surface area contributed by atoms with Gasteiger partial charge in [0.25, 0.3) is 0 Å². The van der Waals surface area contributed by atoms with Gasteiger partial charge in [-0.15, -0.1) is 0 Å². The molecule has 1 N–H and O–H groups in total. The third-order valence-corrected chi connectivity index (χ3v) is 3.69. The van der Waals surface area contributed by atoms with Crippen molar-refractivity contribution in [2.24, 2.45) is 0 Å².